The summed E-state index contributed by atoms with van der Waals surface area (Å²) in [5.74, 6) is 0.462. The van der Waals surface area contributed by atoms with Crippen LogP contribution in [0, 0.1) is 6.92 Å². The van der Waals surface area contributed by atoms with E-state index in [4.69, 9.17) is 9.47 Å². The number of thiazole rings is 1. The molecule has 0 bridgehead atoms. The van der Waals surface area contributed by atoms with E-state index >= 15 is 0 Å². The zero-order chi connectivity index (χ0) is 14.5. The number of rotatable bonds is 5. The van der Waals surface area contributed by atoms with Crippen LogP contribution in [0.2, 0.25) is 0 Å². The lowest BCUT2D eigenvalue weighted by Gasteiger charge is -2.05. The Bertz CT molecular complexity index is 610. The number of ether oxygens (including phenoxy) is 2. The first-order valence-corrected chi connectivity index (χ1v) is 6.88. The Morgan fingerprint density at radius 1 is 1.40 bits per heavy atom. The van der Waals surface area contributed by atoms with Gasteiger partial charge in [0.05, 0.1) is 19.9 Å². The van der Waals surface area contributed by atoms with Crippen molar-refractivity contribution in [3.63, 3.8) is 0 Å². The van der Waals surface area contributed by atoms with Crippen molar-refractivity contribution in [3.8, 4) is 5.75 Å². The Morgan fingerprint density at radius 2 is 2.20 bits per heavy atom. The van der Waals surface area contributed by atoms with Gasteiger partial charge in [0.2, 0.25) is 0 Å². The van der Waals surface area contributed by atoms with E-state index in [0.29, 0.717) is 22.2 Å². The Hall–Kier alpha value is -2.08. The van der Waals surface area contributed by atoms with Gasteiger partial charge in [0.15, 0.2) is 5.13 Å². The van der Waals surface area contributed by atoms with E-state index in [1.54, 1.807) is 14.0 Å². The number of esters is 1. The van der Waals surface area contributed by atoms with Crippen LogP contribution in [0.1, 0.15) is 20.9 Å². The summed E-state index contributed by atoms with van der Waals surface area (Å²) in [5.41, 5.74) is 1.76. The molecule has 6 heteroatoms. The first-order valence-electron chi connectivity index (χ1n) is 6.06. The van der Waals surface area contributed by atoms with E-state index in [1.165, 1.54) is 18.4 Å². The van der Waals surface area contributed by atoms with Crippen molar-refractivity contribution in [2.45, 2.75) is 13.5 Å². The van der Waals surface area contributed by atoms with Crippen LogP contribution in [0.5, 0.6) is 5.75 Å². The number of carbonyl (C=O) groups is 1. The van der Waals surface area contributed by atoms with E-state index in [0.717, 1.165) is 11.3 Å². The largest absolute Gasteiger partial charge is 0.497 e. The Labute approximate surface area is 121 Å². The lowest BCUT2D eigenvalue weighted by molar-refractivity contribution is 0.0605. The average molecular weight is 292 g/mol. The van der Waals surface area contributed by atoms with Gasteiger partial charge in [-0.2, -0.15) is 0 Å². The van der Waals surface area contributed by atoms with Crippen molar-refractivity contribution < 1.29 is 14.3 Å². The molecule has 0 unspecified atom stereocenters. The minimum absolute atomic E-state index is 0.352. The molecule has 20 heavy (non-hydrogen) atoms. The maximum absolute atomic E-state index is 11.5. The summed E-state index contributed by atoms with van der Waals surface area (Å²) >= 11 is 1.29. The molecule has 0 atom stereocenters. The van der Waals surface area contributed by atoms with Crippen LogP contribution in [-0.2, 0) is 11.3 Å². The lowest BCUT2D eigenvalue weighted by atomic mass is 10.2. The fourth-order valence-corrected chi connectivity index (χ4v) is 2.59. The monoisotopic (exact) mass is 292 g/mol. The Morgan fingerprint density at radius 3 is 2.90 bits per heavy atom. The molecule has 1 aromatic carbocycles. The van der Waals surface area contributed by atoms with E-state index in [2.05, 4.69) is 10.3 Å². The van der Waals surface area contributed by atoms with Gasteiger partial charge >= 0.3 is 5.97 Å². The maximum atomic E-state index is 11.5. The highest BCUT2D eigenvalue weighted by Crippen LogP contribution is 2.24. The standard InChI is InChI=1S/C14H16N2O3S/c1-9-12(13(17)19-3)20-14(16-9)15-8-10-5-4-6-11(7-10)18-2/h4-7H,8H2,1-3H3,(H,15,16). The second kappa shape index (κ2) is 6.38. The molecular weight excluding hydrogens is 276 g/mol. The number of hydrogen-bond donors (Lipinski definition) is 1. The number of hydrogen-bond acceptors (Lipinski definition) is 6. The van der Waals surface area contributed by atoms with Gasteiger partial charge < -0.3 is 14.8 Å². The van der Waals surface area contributed by atoms with Gasteiger partial charge in [0.25, 0.3) is 0 Å². The minimum atomic E-state index is -0.352. The number of benzene rings is 1. The molecule has 0 saturated carbocycles. The molecule has 2 aromatic rings. The predicted octanol–water partition coefficient (Wildman–Crippen LogP) is 2.86. The van der Waals surface area contributed by atoms with Gasteiger partial charge in [0.1, 0.15) is 10.6 Å². The van der Waals surface area contributed by atoms with Crippen molar-refractivity contribution in [1.82, 2.24) is 4.98 Å². The number of aryl methyl sites for hydroxylation is 1. The summed E-state index contributed by atoms with van der Waals surface area (Å²) < 4.78 is 9.88. The van der Waals surface area contributed by atoms with Gasteiger partial charge in [-0.15, -0.1) is 0 Å². The third-order valence-electron chi connectivity index (χ3n) is 2.75. The summed E-state index contributed by atoms with van der Waals surface area (Å²) in [4.78, 5) is 16.4. The van der Waals surface area contributed by atoms with Crippen LogP contribution < -0.4 is 10.1 Å². The summed E-state index contributed by atoms with van der Waals surface area (Å²) in [6.07, 6.45) is 0. The zero-order valence-corrected chi connectivity index (χ0v) is 12.4. The predicted molar refractivity (Wildman–Crippen MR) is 78.5 cm³/mol. The van der Waals surface area contributed by atoms with Crippen LogP contribution >= 0.6 is 11.3 Å². The van der Waals surface area contributed by atoms with Gasteiger partial charge in [-0.1, -0.05) is 23.5 Å². The number of nitrogens with one attached hydrogen (secondary N) is 1. The van der Waals surface area contributed by atoms with Crippen LogP contribution in [0.15, 0.2) is 24.3 Å². The zero-order valence-electron chi connectivity index (χ0n) is 11.6. The van der Waals surface area contributed by atoms with Gasteiger partial charge in [-0.25, -0.2) is 9.78 Å². The SMILES string of the molecule is COC(=O)c1sc(NCc2cccc(OC)c2)nc1C. The fourth-order valence-electron chi connectivity index (χ4n) is 1.71. The van der Waals surface area contributed by atoms with Crippen LogP contribution in [0.3, 0.4) is 0 Å². The van der Waals surface area contributed by atoms with Crippen LogP contribution in [-0.4, -0.2) is 25.2 Å². The molecule has 0 aliphatic carbocycles. The highest BCUT2D eigenvalue weighted by Gasteiger charge is 2.15. The maximum Gasteiger partial charge on any atom is 0.350 e. The normalized spacial score (nSPS) is 10.2. The summed E-state index contributed by atoms with van der Waals surface area (Å²) in [7, 11) is 3.00. The molecule has 2 rings (SSSR count). The summed E-state index contributed by atoms with van der Waals surface area (Å²) in [6, 6.07) is 7.78. The molecule has 0 spiro atoms. The quantitative estimate of drug-likeness (QED) is 0.859. The lowest BCUT2D eigenvalue weighted by Crippen LogP contribution is -1.99. The van der Waals surface area contributed by atoms with Crippen LogP contribution in [0.25, 0.3) is 0 Å². The molecule has 0 saturated heterocycles. The molecule has 1 heterocycles. The Kier molecular flexibility index (Phi) is 4.57. The first-order chi connectivity index (χ1) is 9.63. The third kappa shape index (κ3) is 3.27. The van der Waals surface area contributed by atoms with Crippen molar-refractivity contribution in [3.05, 3.63) is 40.4 Å². The molecule has 5 nitrogen and oxygen atoms in total. The summed E-state index contributed by atoms with van der Waals surface area (Å²) in [5, 5.41) is 3.90. The number of carbonyl (C=O) groups excluding carboxylic acids is 1. The smallest absolute Gasteiger partial charge is 0.350 e. The third-order valence-corrected chi connectivity index (χ3v) is 3.84. The van der Waals surface area contributed by atoms with Gasteiger partial charge in [-0.3, -0.25) is 0 Å². The first kappa shape index (κ1) is 14.3. The van der Waals surface area contributed by atoms with Crippen molar-refractivity contribution in [2.75, 3.05) is 19.5 Å². The van der Waals surface area contributed by atoms with Crippen molar-refractivity contribution in [1.29, 1.82) is 0 Å². The molecule has 0 amide bonds. The highest BCUT2D eigenvalue weighted by atomic mass is 32.1. The Balaban J connectivity index is 2.05. The van der Waals surface area contributed by atoms with Crippen molar-refractivity contribution in [2.24, 2.45) is 0 Å². The molecular formula is C14H16N2O3S. The molecule has 0 aliphatic heterocycles. The second-order valence-electron chi connectivity index (χ2n) is 4.13. The topological polar surface area (TPSA) is 60.5 Å². The molecule has 0 aliphatic rings. The second-order valence-corrected chi connectivity index (χ2v) is 5.13. The van der Waals surface area contributed by atoms with Crippen LogP contribution in [0.4, 0.5) is 5.13 Å². The van der Waals surface area contributed by atoms with Gasteiger partial charge in [-0.05, 0) is 24.6 Å². The van der Waals surface area contributed by atoms with Gasteiger partial charge in [0, 0.05) is 6.54 Å². The average Bonchev–Trinajstić information content (AvgIpc) is 2.85. The minimum Gasteiger partial charge on any atom is -0.497 e. The number of anilines is 1. The van der Waals surface area contributed by atoms with E-state index < -0.39 is 0 Å². The van der Waals surface area contributed by atoms with E-state index in [1.807, 2.05) is 24.3 Å². The van der Waals surface area contributed by atoms with E-state index in [-0.39, 0.29) is 5.97 Å². The highest BCUT2D eigenvalue weighted by molar-refractivity contribution is 7.17. The molecule has 0 radical (unpaired) electrons. The van der Waals surface area contributed by atoms with E-state index in [9.17, 15) is 4.79 Å². The number of methoxy groups -OCH3 is 2. The molecule has 1 N–H and O–H groups in total. The molecule has 1 aromatic heterocycles. The number of aromatic nitrogens is 1. The fraction of sp³-hybridized carbons (Fsp3) is 0.286. The number of nitrogens with zero attached hydrogens (tertiary/aromatic N) is 1. The van der Waals surface area contributed by atoms with Crippen molar-refractivity contribution >= 4 is 22.4 Å². The molecule has 106 valence electrons. The summed E-state index contributed by atoms with van der Waals surface area (Å²) in [6.45, 7) is 2.41. The molecule has 0 fully saturated rings.